The van der Waals surface area contributed by atoms with Crippen molar-refractivity contribution in [2.24, 2.45) is 0 Å². The van der Waals surface area contributed by atoms with E-state index in [0.29, 0.717) is 0 Å². The van der Waals surface area contributed by atoms with Crippen LogP contribution >= 0.6 is 11.8 Å². The quantitative estimate of drug-likeness (QED) is 0.466. The van der Waals surface area contributed by atoms with E-state index in [4.69, 9.17) is 0 Å². The fraction of sp³-hybridized carbons (Fsp3) is 0.143. The first-order valence-corrected chi connectivity index (χ1v) is 11.8. The molecule has 0 amide bonds. The monoisotopic (exact) mass is 334 g/mol. The maximum absolute atomic E-state index is 2.50. The highest BCUT2D eigenvalue weighted by atomic mass is 32.2. The Bertz CT molecular complexity index is 671. The molecule has 3 rings (SSSR count). The lowest BCUT2D eigenvalue weighted by Gasteiger charge is -2.28. The van der Waals surface area contributed by atoms with Crippen LogP contribution in [-0.2, 0) is 0 Å². The Hall–Kier alpha value is -1.77. The minimum Gasteiger partial charge on any atom is -0.126 e. The van der Waals surface area contributed by atoms with Crippen LogP contribution in [0.25, 0.3) is 0 Å². The number of benzene rings is 3. The van der Waals surface area contributed by atoms with Crippen molar-refractivity contribution < 1.29 is 0 Å². The first kappa shape index (κ1) is 16.1. The van der Waals surface area contributed by atoms with Gasteiger partial charge < -0.3 is 0 Å². The molecule has 0 spiro atoms. The zero-order chi connectivity index (χ0) is 16.0. The summed E-state index contributed by atoms with van der Waals surface area (Å²) >= 11 is 1.97. The molecule has 3 aromatic carbocycles. The first-order valence-electron chi connectivity index (χ1n) is 8.08. The van der Waals surface area contributed by atoms with Crippen LogP contribution in [0.15, 0.2) is 95.9 Å². The van der Waals surface area contributed by atoms with Crippen LogP contribution < -0.4 is 10.4 Å². The van der Waals surface area contributed by atoms with Crippen molar-refractivity contribution >= 4 is 30.2 Å². The van der Waals surface area contributed by atoms with Crippen LogP contribution in [0.5, 0.6) is 0 Å². The van der Waals surface area contributed by atoms with Gasteiger partial charge in [-0.15, -0.1) is 11.8 Å². The molecule has 3 aromatic rings. The van der Waals surface area contributed by atoms with Gasteiger partial charge in [0.15, 0.2) is 0 Å². The van der Waals surface area contributed by atoms with E-state index < -0.39 is 8.07 Å². The largest absolute Gasteiger partial charge is 0.126 e. The smallest absolute Gasteiger partial charge is 0.116 e. The highest BCUT2D eigenvalue weighted by molar-refractivity contribution is 7.99. The Labute approximate surface area is 144 Å². The number of hydrogen-bond acceptors (Lipinski definition) is 1. The van der Waals surface area contributed by atoms with Gasteiger partial charge in [-0.05, 0) is 23.9 Å². The van der Waals surface area contributed by atoms with E-state index >= 15 is 0 Å². The van der Waals surface area contributed by atoms with Gasteiger partial charge in [0.2, 0.25) is 0 Å². The standard InChI is InChI=1S/C21H22SSi/c1-23(20-13-7-3-8-14-20,21-15-9-4-10-16-21)18-17-22-19-11-5-2-6-12-19/h2-16H,17-18H2,1H3. The average molecular weight is 335 g/mol. The third-order valence-corrected chi connectivity index (χ3v) is 10.3. The number of hydrogen-bond donors (Lipinski definition) is 0. The average Bonchev–Trinajstić information content (AvgIpc) is 2.64. The van der Waals surface area contributed by atoms with Crippen LogP contribution in [0.4, 0.5) is 0 Å². The molecule has 0 saturated heterocycles. The maximum Gasteiger partial charge on any atom is 0.116 e. The van der Waals surface area contributed by atoms with Crippen LogP contribution in [0.3, 0.4) is 0 Å². The van der Waals surface area contributed by atoms with E-state index in [2.05, 4.69) is 97.5 Å². The summed E-state index contributed by atoms with van der Waals surface area (Å²) in [6, 6.07) is 34.1. The van der Waals surface area contributed by atoms with Gasteiger partial charge in [-0.25, -0.2) is 0 Å². The fourth-order valence-corrected chi connectivity index (χ4v) is 8.35. The predicted molar refractivity (Wildman–Crippen MR) is 106 cm³/mol. The van der Waals surface area contributed by atoms with Crippen molar-refractivity contribution in [1.82, 2.24) is 0 Å². The molecule has 0 radical (unpaired) electrons. The molecule has 0 aliphatic rings. The minimum atomic E-state index is -1.68. The van der Waals surface area contributed by atoms with Gasteiger partial charge in [-0.2, -0.15) is 0 Å². The number of thioether (sulfide) groups is 1. The Balaban J connectivity index is 1.82. The Morgan fingerprint density at radius 1 is 0.652 bits per heavy atom. The molecule has 0 nitrogen and oxygen atoms in total. The second-order valence-electron chi connectivity index (χ2n) is 5.98. The Kier molecular flexibility index (Phi) is 5.37. The molecule has 0 atom stereocenters. The van der Waals surface area contributed by atoms with E-state index in [1.165, 1.54) is 21.3 Å². The van der Waals surface area contributed by atoms with E-state index in [9.17, 15) is 0 Å². The molecule has 0 N–H and O–H groups in total. The van der Waals surface area contributed by atoms with E-state index in [-0.39, 0.29) is 0 Å². The lowest BCUT2D eigenvalue weighted by atomic mass is 10.4. The molecule has 2 heteroatoms. The molecule has 23 heavy (non-hydrogen) atoms. The predicted octanol–water partition coefficient (Wildman–Crippen LogP) is 4.67. The van der Waals surface area contributed by atoms with Crippen molar-refractivity contribution in [2.75, 3.05) is 5.75 Å². The summed E-state index contributed by atoms with van der Waals surface area (Å²) < 4.78 is 0. The summed E-state index contributed by atoms with van der Waals surface area (Å²) in [6.07, 6.45) is 0. The highest BCUT2D eigenvalue weighted by Gasteiger charge is 2.30. The molecular weight excluding hydrogens is 312 g/mol. The topological polar surface area (TPSA) is 0 Å². The summed E-state index contributed by atoms with van der Waals surface area (Å²) in [5, 5.41) is 3.06. The molecule has 0 heterocycles. The first-order chi connectivity index (χ1) is 11.3. The van der Waals surface area contributed by atoms with Crippen LogP contribution in [0.1, 0.15) is 0 Å². The summed E-state index contributed by atoms with van der Waals surface area (Å²) in [7, 11) is -1.68. The molecule has 0 bridgehead atoms. The van der Waals surface area contributed by atoms with Gasteiger partial charge in [0, 0.05) is 4.90 Å². The molecule has 0 aromatic heterocycles. The zero-order valence-electron chi connectivity index (χ0n) is 13.5. The molecule has 0 saturated carbocycles. The molecule has 0 aliphatic carbocycles. The molecule has 0 aliphatic heterocycles. The molecule has 0 unspecified atom stereocenters. The normalized spacial score (nSPS) is 11.3. The van der Waals surface area contributed by atoms with Crippen LogP contribution in [0, 0.1) is 0 Å². The highest BCUT2D eigenvalue weighted by Crippen LogP contribution is 2.22. The van der Waals surface area contributed by atoms with E-state index in [1.54, 1.807) is 0 Å². The Morgan fingerprint density at radius 2 is 1.09 bits per heavy atom. The van der Waals surface area contributed by atoms with Gasteiger partial charge in [0.25, 0.3) is 0 Å². The lowest BCUT2D eigenvalue weighted by molar-refractivity contribution is 1.38. The fourth-order valence-electron chi connectivity index (χ4n) is 2.96. The van der Waals surface area contributed by atoms with Gasteiger partial charge in [0.1, 0.15) is 8.07 Å². The summed E-state index contributed by atoms with van der Waals surface area (Å²) in [5.74, 6) is 1.16. The third kappa shape index (κ3) is 3.95. The van der Waals surface area contributed by atoms with Crippen molar-refractivity contribution in [3.05, 3.63) is 91.0 Å². The third-order valence-electron chi connectivity index (χ3n) is 4.44. The maximum atomic E-state index is 2.50. The van der Waals surface area contributed by atoms with Crippen molar-refractivity contribution in [2.45, 2.75) is 17.5 Å². The van der Waals surface area contributed by atoms with Gasteiger partial charge in [-0.1, -0.05) is 95.8 Å². The summed E-state index contributed by atoms with van der Waals surface area (Å²) in [4.78, 5) is 1.37. The second-order valence-corrected chi connectivity index (χ2v) is 11.5. The zero-order valence-corrected chi connectivity index (χ0v) is 15.3. The second kappa shape index (κ2) is 7.67. The van der Waals surface area contributed by atoms with Crippen molar-refractivity contribution in [3.8, 4) is 0 Å². The van der Waals surface area contributed by atoms with Crippen LogP contribution in [-0.4, -0.2) is 13.8 Å². The molecule has 116 valence electrons. The minimum absolute atomic E-state index is 1.16. The Morgan fingerprint density at radius 3 is 1.57 bits per heavy atom. The van der Waals surface area contributed by atoms with Crippen molar-refractivity contribution in [3.63, 3.8) is 0 Å². The lowest BCUT2D eigenvalue weighted by Crippen LogP contribution is -2.55. The van der Waals surface area contributed by atoms with E-state index in [1.807, 2.05) is 11.8 Å². The van der Waals surface area contributed by atoms with Gasteiger partial charge in [-0.3, -0.25) is 0 Å². The van der Waals surface area contributed by atoms with E-state index in [0.717, 1.165) is 5.75 Å². The summed E-state index contributed by atoms with van der Waals surface area (Å²) in [5.41, 5.74) is 0. The number of rotatable bonds is 6. The van der Waals surface area contributed by atoms with Gasteiger partial charge in [0.05, 0.1) is 0 Å². The van der Waals surface area contributed by atoms with Gasteiger partial charge >= 0.3 is 0 Å². The SMILES string of the molecule is C[Si](CCSc1ccccc1)(c1ccccc1)c1ccccc1. The molecule has 0 fully saturated rings. The van der Waals surface area contributed by atoms with Crippen molar-refractivity contribution in [1.29, 1.82) is 0 Å². The molecular formula is C21H22SSi. The van der Waals surface area contributed by atoms with Crippen LogP contribution in [0.2, 0.25) is 12.6 Å². The summed E-state index contributed by atoms with van der Waals surface area (Å²) in [6.45, 7) is 2.50.